The van der Waals surface area contributed by atoms with Crippen LogP contribution in [0.2, 0.25) is 0 Å². The molecule has 1 aliphatic heterocycles. The monoisotopic (exact) mass is 448 g/mol. The maximum absolute atomic E-state index is 14.4. The number of rotatable bonds is 5. The maximum Gasteiger partial charge on any atom is 0.191 e. The standard InChI is InChI=1S/C17H25FN4O.HI/c1-2-19-17(21-14-4-5-14)20-12-13-3-6-16(15(18)11-13)22-7-9-23-10-8-22;/h3,6,11,14H,2,4-5,7-10,12H2,1H3,(H2,19,20,21);1H. The summed E-state index contributed by atoms with van der Waals surface area (Å²) in [7, 11) is 0. The van der Waals surface area contributed by atoms with Crippen molar-refractivity contribution in [3.05, 3.63) is 29.6 Å². The Morgan fingerprint density at radius 3 is 2.71 bits per heavy atom. The van der Waals surface area contributed by atoms with Crippen molar-refractivity contribution in [2.45, 2.75) is 32.4 Å². The van der Waals surface area contributed by atoms with Gasteiger partial charge in [0.25, 0.3) is 0 Å². The summed E-state index contributed by atoms with van der Waals surface area (Å²) in [4.78, 5) is 6.57. The molecule has 0 aromatic heterocycles. The first kappa shape index (κ1) is 19.2. The zero-order valence-electron chi connectivity index (χ0n) is 14.1. The van der Waals surface area contributed by atoms with Gasteiger partial charge < -0.3 is 20.3 Å². The molecular weight excluding hydrogens is 422 g/mol. The van der Waals surface area contributed by atoms with E-state index in [0.717, 1.165) is 31.2 Å². The molecular formula is C17H26FIN4O. The predicted molar refractivity (Wildman–Crippen MR) is 106 cm³/mol. The first-order valence-corrected chi connectivity index (χ1v) is 8.42. The fourth-order valence-electron chi connectivity index (χ4n) is 2.62. The van der Waals surface area contributed by atoms with Crippen molar-refractivity contribution in [1.82, 2.24) is 10.6 Å². The number of nitrogens with one attached hydrogen (secondary N) is 2. The number of ether oxygens (including phenoxy) is 1. The van der Waals surface area contributed by atoms with Gasteiger partial charge in [-0.3, -0.25) is 0 Å². The summed E-state index contributed by atoms with van der Waals surface area (Å²) in [6, 6.07) is 5.95. The molecule has 0 amide bonds. The number of hydrogen-bond donors (Lipinski definition) is 2. The van der Waals surface area contributed by atoms with Crippen LogP contribution in [0.3, 0.4) is 0 Å². The fourth-order valence-corrected chi connectivity index (χ4v) is 2.62. The van der Waals surface area contributed by atoms with E-state index in [4.69, 9.17) is 4.74 Å². The second-order valence-electron chi connectivity index (χ2n) is 6.00. The third-order valence-corrected chi connectivity index (χ3v) is 4.05. The molecule has 1 saturated carbocycles. The molecule has 1 aromatic carbocycles. The van der Waals surface area contributed by atoms with Crippen molar-refractivity contribution >= 4 is 35.6 Å². The van der Waals surface area contributed by atoms with Crippen LogP contribution in [0.15, 0.2) is 23.2 Å². The number of hydrogen-bond acceptors (Lipinski definition) is 3. The molecule has 1 saturated heterocycles. The van der Waals surface area contributed by atoms with Gasteiger partial charge in [-0.25, -0.2) is 9.38 Å². The first-order valence-electron chi connectivity index (χ1n) is 8.42. The van der Waals surface area contributed by atoms with Gasteiger partial charge in [0.1, 0.15) is 5.82 Å². The molecule has 0 atom stereocenters. The lowest BCUT2D eigenvalue weighted by atomic mass is 10.1. The van der Waals surface area contributed by atoms with Crippen molar-refractivity contribution in [3.63, 3.8) is 0 Å². The van der Waals surface area contributed by atoms with E-state index in [-0.39, 0.29) is 29.8 Å². The Morgan fingerprint density at radius 1 is 1.33 bits per heavy atom. The highest BCUT2D eigenvalue weighted by Gasteiger charge is 2.22. The molecule has 0 unspecified atom stereocenters. The lowest BCUT2D eigenvalue weighted by molar-refractivity contribution is 0.122. The normalized spacial score (nSPS) is 18.1. The van der Waals surface area contributed by atoms with Crippen LogP contribution >= 0.6 is 24.0 Å². The van der Waals surface area contributed by atoms with E-state index in [9.17, 15) is 4.39 Å². The van der Waals surface area contributed by atoms with Gasteiger partial charge in [-0.1, -0.05) is 6.07 Å². The van der Waals surface area contributed by atoms with Crippen LogP contribution in [0.4, 0.5) is 10.1 Å². The number of halogens is 2. The Morgan fingerprint density at radius 2 is 2.08 bits per heavy atom. The van der Waals surface area contributed by atoms with Gasteiger partial charge in [0.15, 0.2) is 5.96 Å². The number of benzene rings is 1. The molecule has 7 heteroatoms. The van der Waals surface area contributed by atoms with Crippen molar-refractivity contribution < 1.29 is 9.13 Å². The fraction of sp³-hybridized carbons (Fsp3) is 0.588. The summed E-state index contributed by atoms with van der Waals surface area (Å²) < 4.78 is 19.7. The van der Waals surface area contributed by atoms with Crippen molar-refractivity contribution in [1.29, 1.82) is 0 Å². The largest absolute Gasteiger partial charge is 0.378 e. The van der Waals surface area contributed by atoms with Crippen LogP contribution in [-0.4, -0.2) is 44.8 Å². The van der Waals surface area contributed by atoms with Crippen LogP contribution in [0.1, 0.15) is 25.3 Å². The van der Waals surface area contributed by atoms with Gasteiger partial charge in [0, 0.05) is 25.7 Å². The number of guanidine groups is 1. The molecule has 3 rings (SSSR count). The second kappa shape index (κ2) is 9.41. The Kier molecular flexibility index (Phi) is 7.54. The molecule has 2 N–H and O–H groups in total. The van der Waals surface area contributed by atoms with Crippen LogP contribution in [0.5, 0.6) is 0 Å². The molecule has 5 nitrogen and oxygen atoms in total. The maximum atomic E-state index is 14.4. The van der Waals surface area contributed by atoms with E-state index in [2.05, 4.69) is 15.6 Å². The Hall–Kier alpha value is -1.09. The van der Waals surface area contributed by atoms with E-state index in [1.807, 2.05) is 24.0 Å². The molecule has 1 aliphatic carbocycles. The molecule has 0 radical (unpaired) electrons. The van der Waals surface area contributed by atoms with Gasteiger partial charge in [0.2, 0.25) is 0 Å². The van der Waals surface area contributed by atoms with Crippen LogP contribution in [0, 0.1) is 5.82 Å². The van der Waals surface area contributed by atoms with Gasteiger partial charge >= 0.3 is 0 Å². The van der Waals surface area contributed by atoms with Gasteiger partial charge in [0.05, 0.1) is 25.4 Å². The molecule has 2 aliphatic rings. The minimum absolute atomic E-state index is 0. The highest BCUT2D eigenvalue weighted by molar-refractivity contribution is 14.0. The Labute approximate surface area is 160 Å². The van der Waals surface area contributed by atoms with Crippen molar-refractivity contribution in [3.8, 4) is 0 Å². The third kappa shape index (κ3) is 5.47. The van der Waals surface area contributed by atoms with Crippen LogP contribution < -0.4 is 15.5 Å². The second-order valence-corrected chi connectivity index (χ2v) is 6.00. The highest BCUT2D eigenvalue weighted by Crippen LogP contribution is 2.22. The molecule has 0 bridgehead atoms. The SMILES string of the molecule is CCNC(=NCc1ccc(N2CCOCC2)c(F)c1)NC1CC1.I. The number of nitrogens with zero attached hydrogens (tertiary/aromatic N) is 2. The lowest BCUT2D eigenvalue weighted by Crippen LogP contribution is -2.38. The minimum atomic E-state index is -0.181. The summed E-state index contributed by atoms with van der Waals surface area (Å²) in [5, 5.41) is 6.59. The van der Waals surface area contributed by atoms with E-state index in [1.165, 1.54) is 12.8 Å². The van der Waals surface area contributed by atoms with Crippen LogP contribution in [0.25, 0.3) is 0 Å². The summed E-state index contributed by atoms with van der Waals surface area (Å²) in [6.07, 6.45) is 2.40. The smallest absolute Gasteiger partial charge is 0.191 e. The zero-order valence-corrected chi connectivity index (χ0v) is 16.4. The predicted octanol–water partition coefficient (Wildman–Crippen LogP) is 2.50. The average Bonchev–Trinajstić information content (AvgIpc) is 3.38. The van der Waals surface area contributed by atoms with Gasteiger partial charge in [-0.2, -0.15) is 0 Å². The highest BCUT2D eigenvalue weighted by atomic mass is 127. The van der Waals surface area contributed by atoms with Gasteiger partial charge in [-0.15, -0.1) is 24.0 Å². The lowest BCUT2D eigenvalue weighted by Gasteiger charge is -2.29. The zero-order chi connectivity index (χ0) is 16.1. The summed E-state index contributed by atoms with van der Waals surface area (Å²) >= 11 is 0. The summed E-state index contributed by atoms with van der Waals surface area (Å²) in [6.45, 7) is 6.13. The molecule has 1 aromatic rings. The number of aliphatic imine (C=N–C) groups is 1. The average molecular weight is 448 g/mol. The third-order valence-electron chi connectivity index (χ3n) is 4.05. The van der Waals surface area contributed by atoms with E-state index < -0.39 is 0 Å². The van der Waals surface area contributed by atoms with E-state index in [0.29, 0.717) is 31.5 Å². The molecule has 134 valence electrons. The summed E-state index contributed by atoms with van der Waals surface area (Å²) in [5.74, 6) is 0.632. The van der Waals surface area contributed by atoms with E-state index >= 15 is 0 Å². The van der Waals surface area contributed by atoms with Crippen molar-refractivity contribution in [2.75, 3.05) is 37.7 Å². The molecule has 0 spiro atoms. The molecule has 24 heavy (non-hydrogen) atoms. The summed E-state index contributed by atoms with van der Waals surface area (Å²) in [5.41, 5.74) is 1.54. The van der Waals surface area contributed by atoms with Crippen molar-refractivity contribution in [2.24, 2.45) is 4.99 Å². The molecule has 1 heterocycles. The Bertz CT molecular complexity index is 560. The quantitative estimate of drug-likeness (QED) is 0.413. The number of anilines is 1. The Balaban J connectivity index is 0.00000208. The first-order chi connectivity index (χ1) is 11.3. The number of morpholine rings is 1. The molecule has 2 fully saturated rings. The van der Waals surface area contributed by atoms with Gasteiger partial charge in [-0.05, 0) is 37.5 Å². The van der Waals surface area contributed by atoms with Crippen LogP contribution in [-0.2, 0) is 11.3 Å². The van der Waals surface area contributed by atoms with E-state index in [1.54, 1.807) is 6.07 Å². The minimum Gasteiger partial charge on any atom is -0.378 e. The topological polar surface area (TPSA) is 48.9 Å².